The largest absolute Gasteiger partial charge is 0.446 e. The maximum absolute atomic E-state index is 11.8. The third-order valence-electron chi connectivity index (χ3n) is 3.45. The number of carbonyl (C=O) groups excluding carboxylic acids is 1. The fraction of sp³-hybridized carbons (Fsp3) is 0.125. The number of nitro benzene ring substituents is 1. The quantitative estimate of drug-likeness (QED) is 0.629. The SMILES string of the molecule is CC(=O)N1N=C(c2ccc([N+](=O)[O-])cc2)O[C@@H]1c1ccc(Cl)cc1. The molecule has 0 fully saturated rings. The molecule has 0 saturated heterocycles. The van der Waals surface area contributed by atoms with Crippen molar-refractivity contribution in [1.82, 2.24) is 5.01 Å². The molecule has 2 aromatic rings. The van der Waals surface area contributed by atoms with Crippen LogP contribution >= 0.6 is 11.6 Å². The van der Waals surface area contributed by atoms with Crippen molar-refractivity contribution in [2.45, 2.75) is 13.2 Å². The molecule has 0 radical (unpaired) electrons. The molecule has 1 aliphatic rings. The molecule has 0 N–H and O–H groups in total. The van der Waals surface area contributed by atoms with Gasteiger partial charge in [-0.15, -0.1) is 5.10 Å². The van der Waals surface area contributed by atoms with Crippen LogP contribution in [0.1, 0.15) is 24.3 Å². The molecule has 1 amide bonds. The zero-order valence-electron chi connectivity index (χ0n) is 12.5. The molecule has 1 heterocycles. The lowest BCUT2D eigenvalue weighted by molar-refractivity contribution is -0.384. The number of amides is 1. The van der Waals surface area contributed by atoms with Crippen LogP contribution in [0.25, 0.3) is 0 Å². The summed E-state index contributed by atoms with van der Waals surface area (Å²) in [6, 6.07) is 12.7. The molecule has 1 aliphatic heterocycles. The van der Waals surface area contributed by atoms with E-state index < -0.39 is 11.2 Å². The first kappa shape index (κ1) is 15.9. The minimum Gasteiger partial charge on any atom is -0.446 e. The molecule has 0 unspecified atom stereocenters. The summed E-state index contributed by atoms with van der Waals surface area (Å²) in [5.41, 5.74) is 1.23. The van der Waals surface area contributed by atoms with Crippen molar-refractivity contribution in [3.05, 3.63) is 74.8 Å². The predicted octanol–water partition coefficient (Wildman–Crippen LogP) is 3.49. The second-order valence-electron chi connectivity index (χ2n) is 5.09. The number of carbonyl (C=O) groups is 1. The third kappa shape index (κ3) is 3.07. The van der Waals surface area contributed by atoms with Crippen LogP contribution < -0.4 is 0 Å². The number of hydrazone groups is 1. The number of hydrogen-bond donors (Lipinski definition) is 0. The molecule has 3 rings (SSSR count). The van der Waals surface area contributed by atoms with Gasteiger partial charge in [-0.05, 0) is 24.3 Å². The van der Waals surface area contributed by atoms with Crippen molar-refractivity contribution >= 4 is 29.1 Å². The molecule has 122 valence electrons. The summed E-state index contributed by atoms with van der Waals surface area (Å²) < 4.78 is 5.79. The van der Waals surface area contributed by atoms with Gasteiger partial charge in [-0.2, -0.15) is 5.01 Å². The van der Waals surface area contributed by atoms with Gasteiger partial charge >= 0.3 is 0 Å². The fourth-order valence-electron chi connectivity index (χ4n) is 2.25. The second kappa shape index (κ2) is 6.29. The van der Waals surface area contributed by atoms with Crippen molar-refractivity contribution in [2.75, 3.05) is 0 Å². The normalized spacial score (nSPS) is 16.5. The number of nitro groups is 1. The summed E-state index contributed by atoms with van der Waals surface area (Å²) >= 11 is 5.88. The lowest BCUT2D eigenvalue weighted by Crippen LogP contribution is -2.25. The first-order chi connectivity index (χ1) is 11.5. The fourth-order valence-corrected chi connectivity index (χ4v) is 2.38. The maximum atomic E-state index is 11.8. The van der Waals surface area contributed by atoms with Crippen molar-refractivity contribution in [3.63, 3.8) is 0 Å². The van der Waals surface area contributed by atoms with E-state index in [4.69, 9.17) is 16.3 Å². The first-order valence-electron chi connectivity index (χ1n) is 7.01. The van der Waals surface area contributed by atoms with Crippen LogP contribution in [0.15, 0.2) is 53.6 Å². The summed E-state index contributed by atoms with van der Waals surface area (Å²) in [4.78, 5) is 22.1. The van der Waals surface area contributed by atoms with E-state index in [2.05, 4.69) is 5.10 Å². The Balaban J connectivity index is 1.90. The molecule has 0 saturated carbocycles. The lowest BCUT2D eigenvalue weighted by Gasteiger charge is -2.19. The zero-order valence-corrected chi connectivity index (χ0v) is 13.3. The number of non-ortho nitro benzene ring substituents is 1. The smallest absolute Gasteiger partial charge is 0.269 e. The molecule has 2 aromatic carbocycles. The van der Waals surface area contributed by atoms with Gasteiger partial charge < -0.3 is 4.74 Å². The van der Waals surface area contributed by atoms with Gasteiger partial charge in [0.05, 0.1) is 4.92 Å². The monoisotopic (exact) mass is 345 g/mol. The first-order valence-corrected chi connectivity index (χ1v) is 7.39. The van der Waals surface area contributed by atoms with Crippen molar-refractivity contribution in [3.8, 4) is 0 Å². The molecule has 0 bridgehead atoms. The van der Waals surface area contributed by atoms with Crippen molar-refractivity contribution in [1.29, 1.82) is 0 Å². The maximum Gasteiger partial charge on any atom is 0.269 e. The molecule has 0 aromatic heterocycles. The van der Waals surface area contributed by atoms with Gasteiger partial charge in [-0.1, -0.05) is 23.7 Å². The number of hydrogen-bond acceptors (Lipinski definition) is 5. The number of rotatable bonds is 3. The van der Waals surface area contributed by atoms with E-state index in [9.17, 15) is 14.9 Å². The van der Waals surface area contributed by atoms with Gasteiger partial charge in [0, 0.05) is 35.2 Å². The standard InChI is InChI=1S/C16H12ClN3O4/c1-10(21)19-16(12-2-6-13(17)7-3-12)24-15(18-19)11-4-8-14(9-5-11)20(22)23/h2-9,16H,1H3/t16-/m1/s1. The van der Waals surface area contributed by atoms with Crippen LogP contribution in [0.3, 0.4) is 0 Å². The Labute approximate surface area is 142 Å². The highest BCUT2D eigenvalue weighted by atomic mass is 35.5. The molecule has 1 atom stereocenters. The van der Waals surface area contributed by atoms with Crippen LogP contribution in [-0.2, 0) is 9.53 Å². The molecule has 24 heavy (non-hydrogen) atoms. The number of halogens is 1. The Morgan fingerprint density at radius 2 is 1.83 bits per heavy atom. The molecule has 8 heteroatoms. The third-order valence-corrected chi connectivity index (χ3v) is 3.70. The average molecular weight is 346 g/mol. The number of nitrogens with zero attached hydrogens (tertiary/aromatic N) is 3. The summed E-state index contributed by atoms with van der Waals surface area (Å²) in [6.45, 7) is 1.38. The number of ether oxygens (including phenoxy) is 1. The van der Waals surface area contributed by atoms with Crippen LogP contribution in [0, 0.1) is 10.1 Å². The highest BCUT2D eigenvalue weighted by molar-refractivity contribution is 6.30. The Morgan fingerprint density at radius 1 is 1.21 bits per heavy atom. The molecule has 0 spiro atoms. The van der Waals surface area contributed by atoms with E-state index in [1.165, 1.54) is 36.2 Å². The van der Waals surface area contributed by atoms with Gasteiger partial charge in [-0.25, -0.2) is 0 Å². The van der Waals surface area contributed by atoms with Crippen molar-refractivity contribution in [2.24, 2.45) is 5.10 Å². The van der Waals surface area contributed by atoms with Crippen molar-refractivity contribution < 1.29 is 14.5 Å². The predicted molar refractivity (Wildman–Crippen MR) is 87.4 cm³/mol. The van der Waals surface area contributed by atoms with Gasteiger partial charge in [0.2, 0.25) is 18.0 Å². The minimum atomic E-state index is -0.704. The van der Waals surface area contributed by atoms with Gasteiger partial charge in [-0.3, -0.25) is 14.9 Å². The summed E-state index contributed by atoms with van der Waals surface area (Å²) in [5, 5.41) is 16.7. The van der Waals surface area contributed by atoms with E-state index in [0.717, 1.165) is 5.56 Å². The molecular weight excluding hydrogens is 334 g/mol. The molecule has 7 nitrogen and oxygen atoms in total. The second-order valence-corrected chi connectivity index (χ2v) is 5.53. The summed E-state index contributed by atoms with van der Waals surface area (Å²) in [5.74, 6) is -0.0630. The van der Waals surface area contributed by atoms with Crippen LogP contribution in [0.5, 0.6) is 0 Å². The Hall–Kier alpha value is -2.93. The van der Waals surface area contributed by atoms with E-state index in [1.54, 1.807) is 24.3 Å². The molecular formula is C16H12ClN3O4. The lowest BCUT2D eigenvalue weighted by atomic mass is 10.2. The van der Waals surface area contributed by atoms with E-state index in [1.807, 2.05) is 0 Å². The van der Waals surface area contributed by atoms with E-state index in [-0.39, 0.29) is 17.5 Å². The topological polar surface area (TPSA) is 85.0 Å². The van der Waals surface area contributed by atoms with Crippen LogP contribution in [0.4, 0.5) is 5.69 Å². The zero-order chi connectivity index (χ0) is 17.3. The average Bonchev–Trinajstić information content (AvgIpc) is 3.01. The van der Waals surface area contributed by atoms with Gasteiger partial charge in [0.15, 0.2) is 0 Å². The minimum absolute atomic E-state index is 0.0324. The van der Waals surface area contributed by atoms with E-state index >= 15 is 0 Å². The highest BCUT2D eigenvalue weighted by Crippen LogP contribution is 2.31. The Kier molecular flexibility index (Phi) is 4.18. The number of benzene rings is 2. The Morgan fingerprint density at radius 3 is 2.38 bits per heavy atom. The summed E-state index contributed by atoms with van der Waals surface area (Å²) in [7, 11) is 0. The van der Waals surface area contributed by atoms with Gasteiger partial charge in [0.1, 0.15) is 0 Å². The highest BCUT2D eigenvalue weighted by Gasteiger charge is 2.33. The van der Waals surface area contributed by atoms with Crippen LogP contribution in [-0.4, -0.2) is 21.7 Å². The summed E-state index contributed by atoms with van der Waals surface area (Å²) in [6.07, 6.45) is -0.704. The van der Waals surface area contributed by atoms with E-state index in [0.29, 0.717) is 10.6 Å². The van der Waals surface area contributed by atoms with Crippen LogP contribution in [0.2, 0.25) is 5.02 Å². The molecule has 0 aliphatic carbocycles. The Bertz CT molecular complexity index is 818. The van der Waals surface area contributed by atoms with Gasteiger partial charge in [0.25, 0.3) is 5.69 Å².